The van der Waals surface area contributed by atoms with Crippen molar-refractivity contribution in [1.82, 2.24) is 9.55 Å². The van der Waals surface area contributed by atoms with E-state index in [1.54, 1.807) is 12.1 Å². The molecule has 78 valence electrons. The van der Waals surface area contributed by atoms with Gasteiger partial charge in [0, 0.05) is 4.47 Å². The van der Waals surface area contributed by atoms with Gasteiger partial charge in [-0.3, -0.25) is 9.36 Å². The minimum Gasteiger partial charge on any atom is -0.296 e. The monoisotopic (exact) mass is 270 g/mol. The summed E-state index contributed by atoms with van der Waals surface area (Å²) < 4.78 is 14.2. The molecule has 0 unspecified atom stereocenters. The second-order valence-electron chi connectivity index (χ2n) is 3.09. The molecule has 0 N–H and O–H groups in total. The minimum atomic E-state index is -0.568. The van der Waals surface area contributed by atoms with Gasteiger partial charge in [0.05, 0.1) is 23.8 Å². The van der Waals surface area contributed by atoms with Crippen LogP contribution in [0.5, 0.6) is 0 Å². The number of hydrogen-bond acceptors (Lipinski definition) is 2. The molecule has 1 aromatic heterocycles. The lowest BCUT2D eigenvalue weighted by Gasteiger charge is -2.03. The van der Waals surface area contributed by atoms with E-state index in [0.29, 0.717) is 10.9 Å². The molecule has 0 aliphatic carbocycles. The van der Waals surface area contributed by atoms with E-state index in [9.17, 15) is 9.18 Å². The van der Waals surface area contributed by atoms with Gasteiger partial charge < -0.3 is 0 Å². The molecular weight excluding hydrogens is 263 g/mol. The van der Waals surface area contributed by atoms with Gasteiger partial charge in [0.25, 0.3) is 5.56 Å². The third-order valence-electron chi connectivity index (χ3n) is 2.11. The van der Waals surface area contributed by atoms with Crippen molar-refractivity contribution in [1.29, 1.82) is 0 Å². The van der Waals surface area contributed by atoms with Crippen LogP contribution in [0.3, 0.4) is 0 Å². The van der Waals surface area contributed by atoms with Crippen LogP contribution in [-0.4, -0.2) is 16.2 Å². The molecule has 5 heteroatoms. The predicted octanol–water partition coefficient (Wildman–Crippen LogP) is 2.13. The van der Waals surface area contributed by atoms with E-state index in [2.05, 4.69) is 20.9 Å². The molecule has 1 heterocycles. The van der Waals surface area contributed by atoms with E-state index in [1.807, 2.05) is 6.07 Å². The van der Waals surface area contributed by atoms with Crippen LogP contribution in [0.4, 0.5) is 4.39 Å². The van der Waals surface area contributed by atoms with Gasteiger partial charge in [-0.2, -0.15) is 0 Å². The van der Waals surface area contributed by atoms with Crippen molar-refractivity contribution in [3.05, 3.63) is 39.4 Å². The quantitative estimate of drug-likeness (QED) is 0.838. The summed E-state index contributed by atoms with van der Waals surface area (Å²) in [4.78, 5) is 15.9. The maximum atomic E-state index is 12.1. The summed E-state index contributed by atoms with van der Waals surface area (Å²) in [6.45, 7) is -0.518. The number of hydrogen-bond donors (Lipinski definition) is 0. The number of aromatic nitrogens is 2. The van der Waals surface area contributed by atoms with Crippen LogP contribution in [0.25, 0.3) is 10.9 Å². The largest absolute Gasteiger partial charge is 0.296 e. The van der Waals surface area contributed by atoms with Crippen LogP contribution >= 0.6 is 15.9 Å². The summed E-state index contributed by atoms with van der Waals surface area (Å²) in [5.41, 5.74) is 0.414. The summed E-state index contributed by atoms with van der Waals surface area (Å²) in [5.74, 6) is 0. The molecule has 0 radical (unpaired) electrons. The molecule has 15 heavy (non-hydrogen) atoms. The topological polar surface area (TPSA) is 34.9 Å². The van der Waals surface area contributed by atoms with Gasteiger partial charge >= 0.3 is 0 Å². The van der Waals surface area contributed by atoms with Crippen molar-refractivity contribution in [3.8, 4) is 0 Å². The Morgan fingerprint density at radius 3 is 3.00 bits per heavy atom. The van der Waals surface area contributed by atoms with Crippen molar-refractivity contribution in [3.63, 3.8) is 0 Å². The Labute approximate surface area is 93.7 Å². The van der Waals surface area contributed by atoms with Gasteiger partial charge in [-0.05, 0) is 18.2 Å². The van der Waals surface area contributed by atoms with Crippen LogP contribution in [-0.2, 0) is 6.54 Å². The number of aryl methyl sites for hydroxylation is 1. The first-order valence-corrected chi connectivity index (χ1v) is 5.22. The molecule has 0 fully saturated rings. The smallest absolute Gasteiger partial charge is 0.261 e. The number of rotatable bonds is 2. The Bertz CT molecular complexity index is 553. The second-order valence-corrected chi connectivity index (χ2v) is 4.01. The average molecular weight is 271 g/mol. The maximum absolute atomic E-state index is 12.1. The van der Waals surface area contributed by atoms with Crippen LogP contribution in [0.1, 0.15) is 0 Å². The zero-order chi connectivity index (χ0) is 10.8. The molecule has 0 amide bonds. The molecule has 0 aliphatic heterocycles. The van der Waals surface area contributed by atoms with E-state index in [0.717, 1.165) is 4.47 Å². The lowest BCUT2D eigenvalue weighted by molar-refractivity contribution is 0.439. The fraction of sp³-hybridized carbons (Fsp3) is 0.200. The fourth-order valence-corrected chi connectivity index (χ4v) is 1.74. The molecule has 0 spiro atoms. The van der Waals surface area contributed by atoms with Crippen molar-refractivity contribution in [2.24, 2.45) is 0 Å². The third-order valence-corrected chi connectivity index (χ3v) is 2.60. The Balaban J connectivity index is 2.71. The summed E-state index contributed by atoms with van der Waals surface area (Å²) in [7, 11) is 0. The predicted molar refractivity (Wildman–Crippen MR) is 59.7 cm³/mol. The lowest BCUT2D eigenvalue weighted by Crippen LogP contribution is -2.21. The highest BCUT2D eigenvalue weighted by Crippen LogP contribution is 2.14. The highest BCUT2D eigenvalue weighted by atomic mass is 79.9. The Morgan fingerprint density at radius 2 is 2.27 bits per heavy atom. The summed E-state index contributed by atoms with van der Waals surface area (Å²) in [6, 6.07) is 5.26. The molecule has 1 aromatic carbocycles. The lowest BCUT2D eigenvalue weighted by atomic mass is 10.2. The molecule has 0 bridgehead atoms. The maximum Gasteiger partial charge on any atom is 0.261 e. The van der Waals surface area contributed by atoms with E-state index in [4.69, 9.17) is 0 Å². The number of fused-ring (bicyclic) bond motifs is 1. The van der Waals surface area contributed by atoms with E-state index in [1.165, 1.54) is 10.9 Å². The Hall–Kier alpha value is -1.23. The molecule has 3 nitrogen and oxygen atoms in total. The van der Waals surface area contributed by atoms with Gasteiger partial charge in [0.2, 0.25) is 0 Å². The van der Waals surface area contributed by atoms with E-state index in [-0.39, 0.29) is 12.1 Å². The van der Waals surface area contributed by atoms with Gasteiger partial charge in [-0.1, -0.05) is 15.9 Å². The molecule has 2 rings (SSSR count). The fourth-order valence-electron chi connectivity index (χ4n) is 1.38. The normalized spacial score (nSPS) is 10.8. The standard InChI is InChI=1S/C10H8BrFN2O/c11-7-1-2-9-8(5-7)10(15)14(4-3-12)6-13-9/h1-2,5-6H,3-4H2. The minimum absolute atomic E-state index is 0.0499. The van der Waals surface area contributed by atoms with E-state index >= 15 is 0 Å². The average Bonchev–Trinajstić information content (AvgIpc) is 2.23. The second kappa shape index (κ2) is 4.10. The first kappa shape index (κ1) is 10.3. The van der Waals surface area contributed by atoms with Gasteiger partial charge in [0.1, 0.15) is 6.67 Å². The van der Waals surface area contributed by atoms with Gasteiger partial charge in [-0.25, -0.2) is 9.37 Å². The molecule has 0 aliphatic rings. The van der Waals surface area contributed by atoms with Crippen LogP contribution in [0, 0.1) is 0 Å². The van der Waals surface area contributed by atoms with Crippen LogP contribution in [0.2, 0.25) is 0 Å². The highest BCUT2D eigenvalue weighted by Gasteiger charge is 2.03. The first-order chi connectivity index (χ1) is 7.22. The zero-order valence-corrected chi connectivity index (χ0v) is 9.37. The summed E-state index contributed by atoms with van der Waals surface area (Å²) >= 11 is 3.28. The zero-order valence-electron chi connectivity index (χ0n) is 7.78. The molecular formula is C10H8BrFN2O. The first-order valence-electron chi connectivity index (χ1n) is 4.43. The molecule has 0 atom stereocenters. The van der Waals surface area contributed by atoms with Gasteiger partial charge in [0.15, 0.2) is 0 Å². The molecule has 0 saturated carbocycles. The van der Waals surface area contributed by atoms with Gasteiger partial charge in [-0.15, -0.1) is 0 Å². The van der Waals surface area contributed by atoms with Crippen LogP contribution in [0.15, 0.2) is 33.8 Å². The number of benzene rings is 1. The van der Waals surface area contributed by atoms with Crippen molar-refractivity contribution >= 4 is 26.8 Å². The summed E-state index contributed by atoms with van der Waals surface area (Å²) in [5, 5.41) is 0.500. The van der Waals surface area contributed by atoms with Crippen molar-refractivity contribution in [2.45, 2.75) is 6.54 Å². The number of alkyl halides is 1. The SMILES string of the molecule is O=c1c2cc(Br)ccc2ncn1CCF. The van der Waals surface area contributed by atoms with Crippen molar-refractivity contribution < 1.29 is 4.39 Å². The van der Waals surface area contributed by atoms with Crippen molar-refractivity contribution in [2.75, 3.05) is 6.67 Å². The Morgan fingerprint density at radius 1 is 1.47 bits per heavy atom. The molecule has 0 saturated heterocycles. The molecule has 2 aromatic rings. The number of nitrogens with zero attached hydrogens (tertiary/aromatic N) is 2. The Kier molecular flexibility index (Phi) is 2.81. The number of halogens is 2. The van der Waals surface area contributed by atoms with Crippen LogP contribution < -0.4 is 5.56 Å². The third kappa shape index (κ3) is 1.92. The highest BCUT2D eigenvalue weighted by molar-refractivity contribution is 9.10. The summed E-state index contributed by atoms with van der Waals surface area (Å²) in [6.07, 6.45) is 1.37. The van der Waals surface area contributed by atoms with E-state index < -0.39 is 6.67 Å².